The molecule has 77 heavy (non-hydrogen) atoms. The van der Waals surface area contributed by atoms with Gasteiger partial charge in [0.25, 0.3) is 0 Å². The van der Waals surface area contributed by atoms with Gasteiger partial charge in [0.1, 0.15) is 63.6 Å². The molecule has 0 bridgehead atoms. The van der Waals surface area contributed by atoms with Crippen molar-refractivity contribution in [3.63, 3.8) is 0 Å². The smallest absolute Gasteiger partial charge is 0.220 e. The van der Waals surface area contributed by atoms with Crippen molar-refractivity contribution in [2.75, 3.05) is 0 Å². The second-order valence-corrected chi connectivity index (χ2v) is 20.6. The van der Waals surface area contributed by atoms with Crippen LogP contribution in [0.25, 0.3) is 20.9 Å². The number of ketones is 1. The first-order valence-corrected chi connectivity index (χ1v) is 24.1. The zero-order chi connectivity index (χ0) is 56.3. The van der Waals surface area contributed by atoms with Crippen LogP contribution in [0.5, 0.6) is 0 Å². The van der Waals surface area contributed by atoms with E-state index >= 15 is 35.1 Å². The van der Waals surface area contributed by atoms with Crippen LogP contribution in [0.3, 0.4) is 0 Å². The Morgan fingerprint density at radius 2 is 0.584 bits per heavy atom. The van der Waals surface area contributed by atoms with Crippen LogP contribution in [-0.2, 0) is 10.9 Å². The first-order chi connectivity index (χ1) is 36.4. The molecule has 25 heteroatoms. The van der Waals surface area contributed by atoms with Crippen molar-refractivity contribution in [1.82, 2.24) is 0 Å². The first-order valence-electron chi connectivity index (χ1n) is 21.3. The molecule has 0 aliphatic heterocycles. The summed E-state index contributed by atoms with van der Waals surface area (Å²) in [4.78, 5) is 17.5. The molecule has 0 N–H and O–H groups in total. The lowest BCUT2D eigenvalue weighted by Crippen LogP contribution is -2.81. The van der Waals surface area contributed by atoms with E-state index in [1.54, 1.807) is 18.3 Å². The van der Waals surface area contributed by atoms with Crippen LogP contribution < -0.4 is 21.9 Å². The summed E-state index contributed by atoms with van der Waals surface area (Å²) >= 11 is 3.42. The molecule has 0 aliphatic rings. The average molecular weight is 1150 g/mol. The minimum atomic E-state index is -7.22. The van der Waals surface area contributed by atoms with Gasteiger partial charge in [0, 0.05) is 15.8 Å². The van der Waals surface area contributed by atoms with Crippen molar-refractivity contribution in [2.24, 2.45) is 0 Å². The lowest BCUT2D eigenvalue weighted by Gasteiger charge is -2.44. The maximum atomic E-state index is 15.4. The number of carbonyl (C=O) groups excluding carboxylic acids is 1. The molecule has 7 aromatic carbocycles. The van der Waals surface area contributed by atoms with Crippen LogP contribution >= 0.6 is 22.7 Å². The van der Waals surface area contributed by atoms with Crippen molar-refractivity contribution < 1.29 is 92.6 Å². The van der Waals surface area contributed by atoms with Gasteiger partial charge >= 0.3 is 0 Å². The summed E-state index contributed by atoms with van der Waals surface area (Å²) < 4.78 is 295. The fraction of sp³-hybridized carbons (Fsp3) is 0.0192. The molecular formula is C52H21BF20OS3. The Balaban J connectivity index is 0.000000215. The Labute approximate surface area is 430 Å². The van der Waals surface area contributed by atoms with Crippen molar-refractivity contribution in [3.8, 4) is 20.9 Å². The van der Waals surface area contributed by atoms with E-state index in [0.717, 1.165) is 15.3 Å². The molecule has 0 radical (unpaired) electrons. The molecular weight excluding hydrogens is 1130 g/mol. The van der Waals surface area contributed by atoms with Crippen LogP contribution in [0.2, 0.25) is 0 Å². The predicted molar refractivity (Wildman–Crippen MR) is 247 cm³/mol. The molecule has 2 heterocycles. The molecule has 396 valence electrons. The van der Waals surface area contributed by atoms with E-state index in [0.29, 0.717) is 0 Å². The monoisotopic (exact) mass is 1150 g/mol. The molecule has 2 aromatic heterocycles. The second kappa shape index (κ2) is 21.6. The molecule has 0 atom stereocenters. The fourth-order valence-corrected chi connectivity index (χ4v) is 13.1. The second-order valence-electron chi connectivity index (χ2n) is 16.1. The summed E-state index contributed by atoms with van der Waals surface area (Å²) in [6, 6.07) is 38.6. The maximum absolute atomic E-state index is 15.4. The van der Waals surface area contributed by atoms with Gasteiger partial charge in [-0.05, 0) is 60.5 Å². The summed E-state index contributed by atoms with van der Waals surface area (Å²) in [5, 5.41) is 0. The highest BCUT2D eigenvalue weighted by atomic mass is 32.2. The van der Waals surface area contributed by atoms with Crippen molar-refractivity contribution in [1.29, 1.82) is 0 Å². The summed E-state index contributed by atoms with van der Waals surface area (Å²) in [7, 11) is -0.115. The largest absolute Gasteiger partial charge is 0.294 e. The van der Waals surface area contributed by atoms with Crippen molar-refractivity contribution >= 4 is 67.3 Å². The number of Topliss-reactive ketones (excluding diaryl/α,β-unsaturated/α-hetero) is 1. The SMILES string of the molecule is CC(=O)c1ccc(-c2ccc(-c3ccc([S+](c4ccccc4)c4ccccc4)s3)cc2)s1.Fc1c(F)c(F)c([B-](c2c(F)c(F)c(F)c(F)c2F)(c2c(F)c(F)c(F)c(F)c2F)c2c(F)c(F)c(F)c(F)c2F)c(F)c1F. The van der Waals surface area contributed by atoms with Crippen molar-refractivity contribution in [2.45, 2.75) is 20.9 Å². The summed E-state index contributed by atoms with van der Waals surface area (Å²) in [5.74, 6) is -71.3. The highest BCUT2D eigenvalue weighted by molar-refractivity contribution is 7.99. The Kier molecular flexibility index (Phi) is 15.6. The van der Waals surface area contributed by atoms with E-state index in [1.807, 2.05) is 23.5 Å². The Morgan fingerprint density at radius 3 is 0.857 bits per heavy atom. The molecule has 0 amide bonds. The van der Waals surface area contributed by atoms with E-state index in [4.69, 9.17) is 0 Å². The van der Waals surface area contributed by atoms with Gasteiger partial charge in [-0.25, -0.2) is 87.8 Å². The Morgan fingerprint density at radius 1 is 0.325 bits per heavy atom. The quantitative estimate of drug-likeness (QED) is 0.0333. The van der Waals surface area contributed by atoms with E-state index in [-0.39, 0.29) is 16.7 Å². The van der Waals surface area contributed by atoms with Gasteiger partial charge in [-0.15, -0.1) is 33.2 Å². The van der Waals surface area contributed by atoms with Crippen molar-refractivity contribution in [3.05, 3.63) is 230 Å². The van der Waals surface area contributed by atoms with Crippen LogP contribution in [0.15, 0.2) is 123 Å². The third-order valence-corrected chi connectivity index (χ3v) is 16.8. The standard InChI is InChI=1S/C28H21OS3.C24BF20/c1-20(29)25-16-17-26(30-25)21-12-14-22(15-13-21)27-18-19-28(31-27)32(23-8-4-2-5-9-23)24-10-6-3-7-11-24;26-5-1(6(27)14(35)21(42)13(5)34)25(2-7(28)15(36)22(43)16(37)8(2)29,3-9(30)17(38)23(44)18(39)10(3)31)4-11(32)19(40)24(45)20(41)12(4)33/h2-19H,1H3;/q+1;-1. The third-order valence-electron chi connectivity index (χ3n) is 11.9. The zero-order valence-electron chi connectivity index (χ0n) is 37.7. The van der Waals surface area contributed by atoms with Gasteiger partial charge in [0.2, 0.25) is 4.21 Å². The molecule has 0 spiro atoms. The minimum Gasteiger partial charge on any atom is -0.294 e. The highest BCUT2D eigenvalue weighted by Gasteiger charge is 2.52. The van der Waals surface area contributed by atoms with Gasteiger partial charge in [-0.1, -0.05) is 72.0 Å². The summed E-state index contributed by atoms with van der Waals surface area (Å²) in [5.41, 5.74) is -12.0. The van der Waals surface area contributed by atoms with Crippen LogP contribution in [0.4, 0.5) is 87.8 Å². The molecule has 0 aliphatic carbocycles. The molecule has 1 nitrogen and oxygen atoms in total. The number of benzene rings is 7. The predicted octanol–water partition coefficient (Wildman–Crippen LogP) is 14.3. The normalized spacial score (nSPS) is 11.6. The fourth-order valence-electron chi connectivity index (χ4n) is 8.42. The summed E-state index contributed by atoms with van der Waals surface area (Å²) in [6.07, 6.45) is -7.22. The Hall–Kier alpha value is -7.38. The van der Waals surface area contributed by atoms with Gasteiger partial charge in [-0.3, -0.25) is 4.79 Å². The van der Waals surface area contributed by atoms with E-state index < -0.39 is 144 Å². The highest BCUT2D eigenvalue weighted by Crippen LogP contribution is 2.40. The van der Waals surface area contributed by atoms with Gasteiger partial charge in [0.15, 0.2) is 85.4 Å². The van der Waals surface area contributed by atoms with Crippen LogP contribution in [0, 0.1) is 116 Å². The maximum Gasteiger partial charge on any atom is 0.220 e. The molecule has 0 unspecified atom stereocenters. The van der Waals surface area contributed by atoms with Crippen LogP contribution in [0.1, 0.15) is 16.6 Å². The number of halogens is 20. The average Bonchev–Trinajstić information content (AvgIpc) is 4.16. The van der Waals surface area contributed by atoms with E-state index in [2.05, 4.69) is 97.1 Å². The lowest BCUT2D eigenvalue weighted by atomic mass is 9.12. The zero-order valence-corrected chi connectivity index (χ0v) is 40.1. The van der Waals surface area contributed by atoms with Gasteiger partial charge in [-0.2, -0.15) is 0 Å². The van der Waals surface area contributed by atoms with Gasteiger partial charge in [0.05, 0.1) is 4.88 Å². The number of hydrogen-bond acceptors (Lipinski definition) is 3. The van der Waals surface area contributed by atoms with Gasteiger partial charge < -0.3 is 0 Å². The number of carbonyl (C=O) groups is 1. The number of rotatable bonds is 10. The van der Waals surface area contributed by atoms with E-state index in [1.165, 1.54) is 24.4 Å². The van der Waals surface area contributed by atoms with E-state index in [9.17, 15) is 57.5 Å². The Bertz CT molecular complexity index is 3370. The molecule has 9 aromatic rings. The minimum absolute atomic E-state index is 0.115. The van der Waals surface area contributed by atoms with Crippen LogP contribution in [-0.4, -0.2) is 11.9 Å². The topological polar surface area (TPSA) is 17.1 Å². The molecule has 0 fully saturated rings. The summed E-state index contributed by atoms with van der Waals surface area (Å²) in [6.45, 7) is 1.62. The lowest BCUT2D eigenvalue weighted by molar-refractivity contribution is 0.102. The number of hydrogen-bond donors (Lipinski definition) is 0. The molecule has 0 saturated carbocycles. The third kappa shape index (κ3) is 9.34. The first kappa shape index (κ1) is 55.8. The molecule has 0 saturated heterocycles. The number of thiophene rings is 2. The molecule has 9 rings (SSSR count).